The standard InChI is InChI=1S/C53H54B3N5O4/c1-51(2,3)37-28-29-58-49(30-37)61-45-23-14-13-20-42(45)43-27-26-39(32-48(43)61)62-40-31-38(33-57-34-40)59-35-60(47-25-16-15-24-46(47)59)50-41(36-18-11-10-12-19-36)21-17-22-44(50)54-63-55(52(4,5)6)65-56(64-54)53(7,8)9/h10-34H,35H2,1-9H3. The fourth-order valence-corrected chi connectivity index (χ4v) is 8.94. The molecule has 0 aliphatic carbocycles. The van der Waals surface area contributed by atoms with E-state index in [1.54, 1.807) is 6.20 Å². The topological polar surface area (TPSA) is 74.1 Å². The molecule has 0 saturated carbocycles. The number of rotatable bonds is 7. The number of aromatic nitrogens is 3. The van der Waals surface area contributed by atoms with Crippen LogP contribution >= 0.6 is 0 Å². The molecule has 2 aliphatic rings. The van der Waals surface area contributed by atoms with E-state index in [2.05, 4.69) is 204 Å². The van der Waals surface area contributed by atoms with Gasteiger partial charge in [-0.3, -0.25) is 9.55 Å². The van der Waals surface area contributed by atoms with Crippen molar-refractivity contribution in [1.29, 1.82) is 0 Å². The van der Waals surface area contributed by atoms with Gasteiger partial charge in [-0.2, -0.15) is 0 Å². The van der Waals surface area contributed by atoms with Crippen LogP contribution in [0, 0.1) is 0 Å². The molecule has 12 heteroatoms. The predicted octanol–water partition coefficient (Wildman–Crippen LogP) is 12.9. The summed E-state index contributed by atoms with van der Waals surface area (Å²) in [7, 11) is -1.67. The second-order valence-corrected chi connectivity index (χ2v) is 20.4. The van der Waals surface area contributed by atoms with Crippen LogP contribution in [-0.2, 0) is 19.1 Å². The Morgan fingerprint density at radius 2 is 1.26 bits per heavy atom. The zero-order chi connectivity index (χ0) is 45.3. The molecule has 5 heterocycles. The van der Waals surface area contributed by atoms with Gasteiger partial charge in [0, 0.05) is 40.1 Å². The predicted molar refractivity (Wildman–Crippen MR) is 269 cm³/mol. The van der Waals surface area contributed by atoms with E-state index in [4.69, 9.17) is 28.4 Å². The van der Waals surface area contributed by atoms with Gasteiger partial charge < -0.3 is 28.3 Å². The van der Waals surface area contributed by atoms with E-state index >= 15 is 0 Å². The number of anilines is 4. The van der Waals surface area contributed by atoms with Gasteiger partial charge in [-0.05, 0) is 69.6 Å². The summed E-state index contributed by atoms with van der Waals surface area (Å²) in [5.41, 5.74) is 10.4. The highest BCUT2D eigenvalue weighted by atomic mass is 16.7. The summed E-state index contributed by atoms with van der Waals surface area (Å²) >= 11 is 0. The van der Waals surface area contributed by atoms with Crippen LogP contribution in [-0.4, -0.2) is 42.6 Å². The number of para-hydroxylation sites is 4. The molecule has 3 aromatic heterocycles. The van der Waals surface area contributed by atoms with Crippen LogP contribution in [0.1, 0.15) is 67.9 Å². The van der Waals surface area contributed by atoms with E-state index < -0.39 is 21.4 Å². The van der Waals surface area contributed by atoms with Crippen molar-refractivity contribution in [2.24, 2.45) is 0 Å². The first kappa shape index (κ1) is 42.6. The van der Waals surface area contributed by atoms with Crippen molar-refractivity contribution >= 4 is 71.4 Å². The van der Waals surface area contributed by atoms with E-state index in [1.807, 2.05) is 18.5 Å². The molecule has 65 heavy (non-hydrogen) atoms. The SMILES string of the molecule is CC(C)(C)B1OB(c2cccc(-c3ccccc3)c2N2CN(c3cncc(Oc4ccc5c6ccccc6n(-c6cc(C(C)(C)C)ccn6)c5c4)c3)c3ccccc32)OB(C(C)(C)C)O1. The quantitative estimate of drug-likeness (QED) is 0.147. The second-order valence-electron chi connectivity index (χ2n) is 20.4. The van der Waals surface area contributed by atoms with Crippen LogP contribution in [0.2, 0.25) is 10.6 Å². The number of hydrogen-bond acceptors (Lipinski definition) is 8. The van der Waals surface area contributed by atoms with Gasteiger partial charge in [-0.15, -0.1) is 0 Å². The summed E-state index contributed by atoms with van der Waals surface area (Å²) in [6.45, 7) is 20.0. The maximum absolute atomic E-state index is 6.80. The molecular weight excluding hydrogens is 803 g/mol. The molecule has 1 fully saturated rings. The number of fused-ring (bicyclic) bond motifs is 4. The summed E-state index contributed by atoms with van der Waals surface area (Å²) in [4.78, 5) is 14.3. The van der Waals surface area contributed by atoms with E-state index in [9.17, 15) is 0 Å². The first-order valence-electron chi connectivity index (χ1n) is 22.5. The molecule has 10 rings (SSSR count). The molecule has 5 aromatic carbocycles. The fourth-order valence-electron chi connectivity index (χ4n) is 8.94. The average Bonchev–Trinajstić information content (AvgIpc) is 3.84. The van der Waals surface area contributed by atoms with Gasteiger partial charge in [-0.1, -0.05) is 141 Å². The van der Waals surface area contributed by atoms with Gasteiger partial charge in [-0.25, -0.2) is 4.98 Å². The Labute approximate surface area is 383 Å². The Morgan fingerprint density at radius 3 is 1.98 bits per heavy atom. The van der Waals surface area contributed by atoms with Gasteiger partial charge in [0.2, 0.25) is 0 Å². The molecule has 0 radical (unpaired) electrons. The third-order valence-electron chi connectivity index (χ3n) is 12.3. The molecule has 9 nitrogen and oxygen atoms in total. The molecule has 2 aliphatic heterocycles. The van der Waals surface area contributed by atoms with Gasteiger partial charge in [0.05, 0.1) is 46.2 Å². The molecule has 0 spiro atoms. The molecular formula is C53H54B3N5O4. The smallest absolute Gasteiger partial charge is 0.456 e. The molecule has 8 aromatic rings. The number of nitrogens with zero attached hydrogens (tertiary/aromatic N) is 5. The average molecular weight is 857 g/mol. The van der Waals surface area contributed by atoms with Crippen molar-refractivity contribution in [2.45, 2.75) is 78.4 Å². The Kier molecular flexibility index (Phi) is 10.7. The van der Waals surface area contributed by atoms with Crippen LogP contribution in [0.25, 0.3) is 38.8 Å². The minimum atomic E-state index is -0.690. The van der Waals surface area contributed by atoms with Gasteiger partial charge >= 0.3 is 21.4 Å². The van der Waals surface area contributed by atoms with Crippen LogP contribution in [0.4, 0.5) is 22.7 Å². The largest absolute Gasteiger partial charge is 0.468 e. The number of hydrogen-bond donors (Lipinski definition) is 0. The molecule has 1 saturated heterocycles. The van der Waals surface area contributed by atoms with Gasteiger partial charge in [0.15, 0.2) is 0 Å². The monoisotopic (exact) mass is 857 g/mol. The van der Waals surface area contributed by atoms with Crippen molar-refractivity contribution in [2.75, 3.05) is 16.5 Å². The maximum Gasteiger partial charge on any atom is 0.468 e. The molecule has 0 amide bonds. The lowest BCUT2D eigenvalue weighted by molar-refractivity contribution is 0.250. The highest BCUT2D eigenvalue weighted by molar-refractivity contribution is 6.81. The van der Waals surface area contributed by atoms with E-state index in [0.717, 1.165) is 67.0 Å². The van der Waals surface area contributed by atoms with Gasteiger partial charge in [0.25, 0.3) is 0 Å². The maximum atomic E-state index is 6.80. The minimum Gasteiger partial charge on any atom is -0.456 e. The Hall–Kier alpha value is -6.33. The Morgan fingerprint density at radius 1 is 0.585 bits per heavy atom. The second kappa shape index (κ2) is 16.3. The van der Waals surface area contributed by atoms with Gasteiger partial charge in [0.1, 0.15) is 24.0 Å². The van der Waals surface area contributed by atoms with E-state index in [1.165, 1.54) is 5.56 Å². The van der Waals surface area contributed by atoms with Crippen LogP contribution in [0.3, 0.4) is 0 Å². The highest BCUT2D eigenvalue weighted by Crippen LogP contribution is 2.48. The lowest BCUT2D eigenvalue weighted by atomic mass is 9.50. The summed E-state index contributed by atoms with van der Waals surface area (Å²) in [5, 5.41) is 1.71. The number of ether oxygens (including phenoxy) is 1. The number of benzene rings is 5. The van der Waals surface area contributed by atoms with Crippen molar-refractivity contribution < 1.29 is 18.5 Å². The van der Waals surface area contributed by atoms with Crippen molar-refractivity contribution in [1.82, 2.24) is 14.5 Å². The van der Waals surface area contributed by atoms with Crippen LogP contribution < -0.4 is 20.0 Å². The summed E-state index contributed by atoms with van der Waals surface area (Å²) < 4.78 is 29.1. The normalized spacial score (nSPS) is 14.8. The van der Waals surface area contributed by atoms with E-state index in [0.29, 0.717) is 18.2 Å². The summed E-state index contributed by atoms with van der Waals surface area (Å²) in [6.07, 6.45) is 5.58. The zero-order valence-electron chi connectivity index (χ0n) is 38.7. The fraction of sp³-hybridized carbons (Fsp3) is 0.245. The molecule has 0 N–H and O–H groups in total. The first-order chi connectivity index (χ1) is 31.1. The third kappa shape index (κ3) is 8.09. The van der Waals surface area contributed by atoms with Crippen molar-refractivity contribution in [3.8, 4) is 28.4 Å². The lowest BCUT2D eigenvalue weighted by Gasteiger charge is -2.41. The lowest BCUT2D eigenvalue weighted by Crippen LogP contribution is -2.59. The molecule has 0 atom stereocenters. The molecule has 0 bridgehead atoms. The first-order valence-corrected chi connectivity index (χ1v) is 22.5. The summed E-state index contributed by atoms with van der Waals surface area (Å²) in [5.74, 6) is 2.21. The van der Waals surface area contributed by atoms with Crippen LogP contribution in [0.5, 0.6) is 11.5 Å². The summed E-state index contributed by atoms with van der Waals surface area (Å²) in [6, 6.07) is 46.6. The minimum absolute atomic E-state index is 0.0255. The Bertz CT molecular complexity index is 3030. The van der Waals surface area contributed by atoms with Crippen molar-refractivity contribution in [3.63, 3.8) is 0 Å². The molecule has 0 unspecified atom stereocenters. The highest BCUT2D eigenvalue weighted by Gasteiger charge is 2.52. The van der Waals surface area contributed by atoms with Crippen LogP contribution in [0.15, 0.2) is 152 Å². The third-order valence-corrected chi connectivity index (χ3v) is 12.3. The zero-order valence-corrected chi connectivity index (χ0v) is 38.7. The molecule has 324 valence electrons. The van der Waals surface area contributed by atoms with Crippen molar-refractivity contribution in [3.05, 3.63) is 158 Å². The number of pyridine rings is 2. The Balaban J connectivity index is 1.03. The van der Waals surface area contributed by atoms with E-state index in [-0.39, 0.29) is 16.0 Å².